The number of carbonyl (C=O) groups is 6. The molecule has 2 unspecified atom stereocenters. The van der Waals surface area contributed by atoms with Crippen molar-refractivity contribution in [3.63, 3.8) is 0 Å². The predicted octanol–water partition coefficient (Wildman–Crippen LogP) is 5.57. The number of ketones is 4. The largest absolute Gasteiger partial charge is 0.344 e. The molecule has 2 amide bonds. The summed E-state index contributed by atoms with van der Waals surface area (Å²) < 4.78 is 0. The van der Waals surface area contributed by atoms with Crippen molar-refractivity contribution in [2.75, 3.05) is 6.54 Å². The molecule has 1 N–H and O–H groups in total. The number of amides is 2. The van der Waals surface area contributed by atoms with Gasteiger partial charge in [-0.15, -0.1) is 0 Å². The zero-order valence-corrected chi connectivity index (χ0v) is 30.2. The van der Waals surface area contributed by atoms with Gasteiger partial charge in [0.2, 0.25) is 17.6 Å². The predicted molar refractivity (Wildman–Crippen MR) is 190 cm³/mol. The lowest BCUT2D eigenvalue weighted by Crippen LogP contribution is -2.56. The summed E-state index contributed by atoms with van der Waals surface area (Å²) in [5.74, 6) is -4.57. The van der Waals surface area contributed by atoms with Gasteiger partial charge in [0, 0.05) is 50.0 Å². The van der Waals surface area contributed by atoms with E-state index in [0.29, 0.717) is 25.8 Å². The van der Waals surface area contributed by atoms with Gasteiger partial charge in [-0.05, 0) is 48.0 Å². The topological polar surface area (TPSA) is 143 Å². The highest BCUT2D eigenvalue weighted by molar-refractivity contribution is 6.38. The van der Waals surface area contributed by atoms with Crippen LogP contribution in [0.4, 0.5) is 0 Å². The SMILES string of the molecule is CCCC(CC(=O)C1[C@H]2CC=C[C@H]2CN1C(=O)[C@@H](NC(=O)[C@H](CC(=O)c1cnccn1)C(C)C)C(C)C)C(=O)C(=O)C[C@@H](C)c1ccccc1. The van der Waals surface area contributed by atoms with E-state index in [9.17, 15) is 28.8 Å². The molecular weight excluding hydrogens is 632 g/mol. The molecule has 1 fully saturated rings. The van der Waals surface area contributed by atoms with Crippen molar-refractivity contribution in [3.05, 3.63) is 72.3 Å². The number of likely N-dealkylation sites (tertiary alicyclic amines) is 1. The van der Waals surface area contributed by atoms with Gasteiger partial charge in [0.05, 0.1) is 12.2 Å². The number of fused-ring (bicyclic) bond motifs is 1. The minimum Gasteiger partial charge on any atom is -0.344 e. The fraction of sp³-hybridized carbons (Fsp3) is 0.550. The lowest BCUT2D eigenvalue weighted by Gasteiger charge is -2.33. The number of rotatable bonds is 18. The Balaban J connectivity index is 1.50. The van der Waals surface area contributed by atoms with Crippen LogP contribution in [0.25, 0.3) is 0 Å². The number of hydrogen-bond acceptors (Lipinski definition) is 8. The zero-order chi connectivity index (χ0) is 36.5. The van der Waals surface area contributed by atoms with Crippen molar-refractivity contribution < 1.29 is 28.8 Å². The zero-order valence-electron chi connectivity index (χ0n) is 30.2. The Bertz CT molecular complexity index is 1560. The summed E-state index contributed by atoms with van der Waals surface area (Å²) in [6, 6.07) is 7.87. The maximum atomic E-state index is 14.3. The number of hydrogen-bond donors (Lipinski definition) is 1. The Hall–Kier alpha value is -4.34. The van der Waals surface area contributed by atoms with Crippen LogP contribution in [0.3, 0.4) is 0 Å². The standard InChI is InChI=1S/C40H52N4O6/c1-7-12-28(38(48)35(47)19-26(6)27-13-9-8-10-14-27)20-34(46)37-30-16-11-15-29(30)23-44(37)40(50)36(25(4)5)43-39(49)31(24(2)3)21-33(45)32-22-41-17-18-42-32/h8-11,13-15,17-18,22,24-26,28-31,36-37H,7,12,16,19-21,23H2,1-6H3,(H,43,49)/t26-,28?,29+,30+,31-,36+,37?/m1/s1. The average molecular weight is 685 g/mol. The first kappa shape index (κ1) is 38.5. The van der Waals surface area contributed by atoms with Gasteiger partial charge >= 0.3 is 0 Å². The summed E-state index contributed by atoms with van der Waals surface area (Å²) in [7, 11) is 0. The van der Waals surface area contributed by atoms with Crippen LogP contribution in [0.15, 0.2) is 61.1 Å². The summed E-state index contributed by atoms with van der Waals surface area (Å²) in [6.07, 6.45) is 9.85. The van der Waals surface area contributed by atoms with Gasteiger partial charge in [-0.3, -0.25) is 33.8 Å². The lowest BCUT2D eigenvalue weighted by molar-refractivity contribution is -0.144. The summed E-state index contributed by atoms with van der Waals surface area (Å²) in [5.41, 5.74) is 1.15. The summed E-state index contributed by atoms with van der Waals surface area (Å²) >= 11 is 0. The first-order valence-electron chi connectivity index (χ1n) is 18.0. The van der Waals surface area contributed by atoms with Crippen LogP contribution in [0.5, 0.6) is 0 Å². The molecule has 1 aromatic heterocycles. The molecule has 1 aliphatic heterocycles. The van der Waals surface area contributed by atoms with Crippen LogP contribution >= 0.6 is 0 Å². The van der Waals surface area contributed by atoms with Crippen LogP contribution < -0.4 is 5.32 Å². The highest BCUT2D eigenvalue weighted by Gasteiger charge is 2.50. The molecule has 4 rings (SSSR count). The van der Waals surface area contributed by atoms with Crippen molar-refractivity contribution in [2.45, 2.75) is 98.1 Å². The fourth-order valence-corrected chi connectivity index (χ4v) is 7.37. The number of Topliss-reactive ketones (excluding diaryl/α,β-unsaturated/α-hetero) is 4. The Morgan fingerprint density at radius 3 is 2.26 bits per heavy atom. The molecule has 0 bridgehead atoms. The third-order valence-electron chi connectivity index (χ3n) is 10.3. The smallest absolute Gasteiger partial charge is 0.246 e. The van der Waals surface area contributed by atoms with Crippen LogP contribution in [0, 0.1) is 35.5 Å². The first-order valence-corrected chi connectivity index (χ1v) is 18.0. The van der Waals surface area contributed by atoms with E-state index >= 15 is 0 Å². The van der Waals surface area contributed by atoms with Crippen LogP contribution in [-0.2, 0) is 24.0 Å². The minimum absolute atomic E-state index is 0.0156. The van der Waals surface area contributed by atoms with E-state index in [2.05, 4.69) is 15.3 Å². The molecule has 1 aromatic carbocycles. The number of carbonyl (C=O) groups excluding carboxylic acids is 6. The summed E-state index contributed by atoms with van der Waals surface area (Å²) in [5, 5.41) is 2.94. The first-order chi connectivity index (χ1) is 23.8. The second-order valence-electron chi connectivity index (χ2n) is 14.7. The normalized spacial score (nSPS) is 20.6. The molecule has 2 heterocycles. The number of benzene rings is 1. The Morgan fingerprint density at radius 1 is 0.920 bits per heavy atom. The third kappa shape index (κ3) is 9.25. The Morgan fingerprint density at radius 2 is 1.64 bits per heavy atom. The van der Waals surface area contributed by atoms with Crippen LogP contribution in [0.1, 0.15) is 102 Å². The quantitative estimate of drug-likeness (QED) is 0.122. The summed E-state index contributed by atoms with van der Waals surface area (Å²) in [4.78, 5) is 91.6. The van der Waals surface area contributed by atoms with Gasteiger partial charge < -0.3 is 10.2 Å². The number of nitrogens with one attached hydrogen (secondary N) is 1. The van der Waals surface area contributed by atoms with Gasteiger partial charge in [0.15, 0.2) is 17.3 Å². The summed E-state index contributed by atoms with van der Waals surface area (Å²) in [6.45, 7) is 11.5. The van der Waals surface area contributed by atoms with E-state index in [1.165, 1.54) is 18.6 Å². The molecule has 7 atom stereocenters. The molecule has 0 spiro atoms. The van der Waals surface area contributed by atoms with E-state index in [1.54, 1.807) is 4.90 Å². The molecule has 1 aliphatic carbocycles. The number of nitrogens with zero attached hydrogens (tertiary/aromatic N) is 3. The average Bonchev–Trinajstić information content (AvgIpc) is 3.71. The van der Waals surface area contributed by atoms with Gasteiger partial charge in [-0.25, -0.2) is 4.98 Å². The fourth-order valence-electron chi connectivity index (χ4n) is 7.37. The molecule has 10 nitrogen and oxygen atoms in total. The molecule has 268 valence electrons. The van der Waals surface area contributed by atoms with E-state index in [1.807, 2.05) is 84.0 Å². The van der Waals surface area contributed by atoms with Gasteiger partial charge in [-0.2, -0.15) is 0 Å². The van der Waals surface area contributed by atoms with Crippen LogP contribution in [0.2, 0.25) is 0 Å². The van der Waals surface area contributed by atoms with E-state index in [-0.39, 0.29) is 72.0 Å². The Kier molecular flexibility index (Phi) is 13.5. The molecule has 1 saturated heterocycles. The maximum Gasteiger partial charge on any atom is 0.246 e. The molecular formula is C40H52N4O6. The van der Waals surface area contributed by atoms with Crippen molar-refractivity contribution in [2.24, 2.45) is 35.5 Å². The molecule has 2 aromatic rings. The number of allylic oxidation sites excluding steroid dienone is 1. The third-order valence-corrected chi connectivity index (χ3v) is 10.3. The Labute approximate surface area is 295 Å². The van der Waals surface area contributed by atoms with Gasteiger partial charge in [0.1, 0.15) is 11.7 Å². The van der Waals surface area contributed by atoms with E-state index in [0.717, 1.165) is 5.56 Å². The van der Waals surface area contributed by atoms with Crippen LogP contribution in [-0.4, -0.2) is 68.4 Å². The van der Waals surface area contributed by atoms with E-state index < -0.39 is 41.4 Å². The minimum atomic E-state index is -0.928. The van der Waals surface area contributed by atoms with Crippen molar-refractivity contribution in [1.29, 1.82) is 0 Å². The van der Waals surface area contributed by atoms with Crippen molar-refractivity contribution in [1.82, 2.24) is 20.2 Å². The lowest BCUT2D eigenvalue weighted by atomic mass is 9.82. The van der Waals surface area contributed by atoms with E-state index in [4.69, 9.17) is 0 Å². The van der Waals surface area contributed by atoms with Crippen molar-refractivity contribution in [3.8, 4) is 0 Å². The number of aromatic nitrogens is 2. The monoisotopic (exact) mass is 684 g/mol. The molecule has 2 aliphatic rings. The van der Waals surface area contributed by atoms with Gasteiger partial charge in [-0.1, -0.05) is 90.4 Å². The molecule has 10 heteroatoms. The molecule has 50 heavy (non-hydrogen) atoms. The second-order valence-corrected chi connectivity index (χ2v) is 14.7. The maximum absolute atomic E-state index is 14.3. The molecule has 0 radical (unpaired) electrons. The highest BCUT2D eigenvalue weighted by Crippen LogP contribution is 2.40. The molecule has 0 saturated carbocycles. The van der Waals surface area contributed by atoms with Gasteiger partial charge in [0.25, 0.3) is 0 Å². The highest BCUT2D eigenvalue weighted by atomic mass is 16.2. The second kappa shape index (κ2) is 17.5. The van der Waals surface area contributed by atoms with Crippen molar-refractivity contribution >= 4 is 34.9 Å².